The number of tetrazole rings is 1. The highest BCUT2D eigenvalue weighted by molar-refractivity contribution is 5.90. The minimum Gasteiger partial charge on any atom is -0.444 e. The Kier molecular flexibility index (Phi) is 7.05. The Morgan fingerprint density at radius 1 is 1.32 bits per heavy atom. The number of rotatable bonds is 7. The number of halogens is 1. The Morgan fingerprint density at radius 3 is 2.73 bits per heavy atom. The summed E-state index contributed by atoms with van der Waals surface area (Å²) in [7, 11) is 0. The Morgan fingerprint density at radius 2 is 2.11 bits per heavy atom. The second kappa shape index (κ2) is 10.1. The average Bonchev–Trinajstić information content (AvgIpc) is 3.42. The molecule has 1 aliphatic heterocycles. The quantitative estimate of drug-likeness (QED) is 0.421. The second-order valence-electron chi connectivity index (χ2n) is 9.41. The van der Waals surface area contributed by atoms with E-state index in [2.05, 4.69) is 25.7 Å². The number of alkyl carbamates (subject to hydrolysis) is 1. The molecule has 0 bridgehead atoms. The van der Waals surface area contributed by atoms with Gasteiger partial charge in [0.05, 0.1) is 25.4 Å². The third kappa shape index (κ3) is 6.16. The molecule has 13 nitrogen and oxygen atoms in total. The first-order valence-corrected chi connectivity index (χ1v) is 11.4. The normalized spacial score (nSPS) is 17.6. The first kappa shape index (κ1) is 25.9. The van der Waals surface area contributed by atoms with Gasteiger partial charge in [0.1, 0.15) is 17.1 Å². The van der Waals surface area contributed by atoms with Crippen molar-refractivity contribution in [3.63, 3.8) is 0 Å². The van der Waals surface area contributed by atoms with Gasteiger partial charge in [-0.05, 0) is 50.3 Å². The van der Waals surface area contributed by atoms with Crippen LogP contribution in [0.5, 0.6) is 0 Å². The third-order valence-electron chi connectivity index (χ3n) is 5.21. The molecule has 1 aromatic carbocycles. The van der Waals surface area contributed by atoms with E-state index in [1.807, 2.05) is 0 Å². The van der Waals surface area contributed by atoms with Crippen molar-refractivity contribution >= 4 is 17.9 Å². The molecule has 0 spiro atoms. The zero-order chi connectivity index (χ0) is 26.8. The van der Waals surface area contributed by atoms with Gasteiger partial charge in [-0.15, -0.1) is 10.2 Å². The maximum atomic E-state index is 14.9. The fraction of sp³-hybridized carbons (Fsp3) is 0.391. The fourth-order valence-electron chi connectivity index (χ4n) is 3.48. The van der Waals surface area contributed by atoms with Crippen LogP contribution < -0.4 is 16.0 Å². The third-order valence-corrected chi connectivity index (χ3v) is 5.21. The van der Waals surface area contributed by atoms with Gasteiger partial charge in [0.15, 0.2) is 0 Å². The van der Waals surface area contributed by atoms with Crippen LogP contribution in [0, 0.1) is 5.82 Å². The SMILES string of the molecule is CC(C)(C)OC(=O)NCCn1nnc(-c2ccc(-c3ccc(N4C[C@](N)(CO)OC4=O)cc3F)cn2)n1. The number of aromatic nitrogens is 5. The van der Waals surface area contributed by atoms with Gasteiger partial charge in [-0.3, -0.25) is 15.6 Å². The lowest BCUT2D eigenvalue weighted by Gasteiger charge is -2.19. The van der Waals surface area contributed by atoms with E-state index in [0.29, 0.717) is 11.3 Å². The highest BCUT2D eigenvalue weighted by Gasteiger charge is 2.42. The van der Waals surface area contributed by atoms with Crippen LogP contribution in [0.25, 0.3) is 22.6 Å². The molecule has 0 saturated carbocycles. The number of cyclic esters (lactones) is 1. The van der Waals surface area contributed by atoms with Crippen LogP contribution in [0.15, 0.2) is 36.5 Å². The lowest BCUT2D eigenvalue weighted by Crippen LogP contribution is -2.47. The molecule has 1 aliphatic rings. The van der Waals surface area contributed by atoms with Gasteiger partial charge < -0.3 is 19.9 Å². The van der Waals surface area contributed by atoms with Crippen molar-refractivity contribution in [2.45, 2.75) is 38.6 Å². The lowest BCUT2D eigenvalue weighted by molar-refractivity contribution is 0.0125. The Balaban J connectivity index is 1.39. The molecule has 4 rings (SSSR count). The summed E-state index contributed by atoms with van der Waals surface area (Å²) in [4.78, 5) is 30.6. The second-order valence-corrected chi connectivity index (χ2v) is 9.41. The van der Waals surface area contributed by atoms with Gasteiger partial charge in [-0.2, -0.15) is 4.80 Å². The van der Waals surface area contributed by atoms with Crippen molar-refractivity contribution in [2.75, 3.05) is 24.6 Å². The molecule has 3 aromatic rings. The number of nitrogens with two attached hydrogens (primary N) is 1. The number of hydrogen-bond donors (Lipinski definition) is 3. The van der Waals surface area contributed by atoms with Crippen LogP contribution in [0.4, 0.5) is 19.7 Å². The number of carbonyl (C=O) groups excluding carboxylic acids is 2. The molecule has 0 radical (unpaired) electrons. The number of carbonyl (C=O) groups is 2. The number of aliphatic hydroxyl groups is 1. The maximum Gasteiger partial charge on any atom is 0.416 e. The summed E-state index contributed by atoms with van der Waals surface area (Å²) in [6.45, 7) is 5.17. The lowest BCUT2D eigenvalue weighted by atomic mass is 10.1. The zero-order valence-corrected chi connectivity index (χ0v) is 20.5. The largest absolute Gasteiger partial charge is 0.444 e. The molecular formula is C23H27FN8O5. The maximum absolute atomic E-state index is 14.9. The van der Waals surface area contributed by atoms with Crippen LogP contribution in [-0.2, 0) is 16.0 Å². The van der Waals surface area contributed by atoms with E-state index in [1.54, 1.807) is 39.0 Å². The van der Waals surface area contributed by atoms with Gasteiger partial charge in [0, 0.05) is 23.9 Å². The Hall–Kier alpha value is -4.17. The van der Waals surface area contributed by atoms with Crippen molar-refractivity contribution < 1.29 is 28.6 Å². The topological polar surface area (TPSA) is 171 Å². The number of pyridine rings is 1. The predicted molar refractivity (Wildman–Crippen MR) is 129 cm³/mol. The van der Waals surface area contributed by atoms with Crippen molar-refractivity contribution in [3.05, 3.63) is 42.3 Å². The van der Waals surface area contributed by atoms with E-state index < -0.39 is 35.9 Å². The summed E-state index contributed by atoms with van der Waals surface area (Å²) in [6, 6.07) is 7.54. The molecule has 0 unspecified atom stereocenters. The van der Waals surface area contributed by atoms with E-state index >= 15 is 0 Å². The van der Waals surface area contributed by atoms with Crippen LogP contribution in [-0.4, -0.2) is 73.5 Å². The standard InChI is InChI=1S/C23H27FN8O5/c1-22(2,3)36-20(34)26-8-9-32-29-19(28-30-32)18-7-4-14(11-27-18)16-6-5-15(10-17(16)24)31-12-23(25,13-33)37-21(31)35/h4-7,10-11,33H,8-9,12-13,25H2,1-3H3,(H,26,34)/t23-/m1/s1. The first-order chi connectivity index (χ1) is 17.5. The summed E-state index contributed by atoms with van der Waals surface area (Å²) in [5, 5.41) is 24.1. The minimum absolute atomic E-state index is 0.109. The number of nitrogens with zero attached hydrogens (tertiary/aromatic N) is 6. The van der Waals surface area contributed by atoms with Gasteiger partial charge >= 0.3 is 12.2 Å². The molecule has 2 aromatic heterocycles. The molecule has 196 valence electrons. The summed E-state index contributed by atoms with van der Waals surface area (Å²) in [6.07, 6.45) is 0.165. The van der Waals surface area contributed by atoms with E-state index in [-0.39, 0.29) is 36.7 Å². The van der Waals surface area contributed by atoms with E-state index in [4.69, 9.17) is 15.2 Å². The number of ether oxygens (including phenoxy) is 2. The molecule has 14 heteroatoms. The highest BCUT2D eigenvalue weighted by Crippen LogP contribution is 2.30. The number of nitrogens with one attached hydrogen (secondary N) is 1. The molecule has 1 saturated heterocycles. The number of benzene rings is 1. The minimum atomic E-state index is -1.53. The van der Waals surface area contributed by atoms with Crippen LogP contribution in [0.2, 0.25) is 0 Å². The van der Waals surface area contributed by atoms with Gasteiger partial charge in [-0.1, -0.05) is 6.07 Å². The average molecular weight is 515 g/mol. The summed E-state index contributed by atoms with van der Waals surface area (Å²) in [5.41, 5.74) is 5.09. The van der Waals surface area contributed by atoms with Gasteiger partial charge in [0.2, 0.25) is 11.5 Å². The molecule has 37 heavy (non-hydrogen) atoms. The van der Waals surface area contributed by atoms with Gasteiger partial charge in [0.25, 0.3) is 0 Å². The van der Waals surface area contributed by atoms with Crippen molar-refractivity contribution in [2.24, 2.45) is 5.73 Å². The fourth-order valence-corrected chi connectivity index (χ4v) is 3.48. The zero-order valence-electron chi connectivity index (χ0n) is 20.5. The van der Waals surface area contributed by atoms with Gasteiger partial charge in [-0.25, -0.2) is 14.0 Å². The van der Waals surface area contributed by atoms with Crippen LogP contribution in [0.3, 0.4) is 0 Å². The highest BCUT2D eigenvalue weighted by atomic mass is 19.1. The molecule has 1 fully saturated rings. The number of amides is 2. The predicted octanol–water partition coefficient (Wildman–Crippen LogP) is 1.67. The number of hydrogen-bond acceptors (Lipinski definition) is 10. The molecular weight excluding hydrogens is 487 g/mol. The van der Waals surface area contributed by atoms with E-state index in [9.17, 15) is 19.1 Å². The van der Waals surface area contributed by atoms with Crippen molar-refractivity contribution in [1.82, 2.24) is 30.5 Å². The van der Waals surface area contributed by atoms with E-state index in [0.717, 1.165) is 4.90 Å². The molecule has 2 amide bonds. The molecule has 3 heterocycles. The molecule has 4 N–H and O–H groups in total. The van der Waals surface area contributed by atoms with Crippen LogP contribution >= 0.6 is 0 Å². The van der Waals surface area contributed by atoms with Crippen LogP contribution in [0.1, 0.15) is 20.8 Å². The number of anilines is 1. The smallest absolute Gasteiger partial charge is 0.416 e. The molecule has 0 aliphatic carbocycles. The Bertz CT molecular complexity index is 1290. The summed E-state index contributed by atoms with van der Waals surface area (Å²) < 4.78 is 25.1. The number of aliphatic hydroxyl groups excluding tert-OH is 1. The van der Waals surface area contributed by atoms with Crippen molar-refractivity contribution in [1.29, 1.82) is 0 Å². The summed E-state index contributed by atoms with van der Waals surface area (Å²) in [5.74, 6) is -0.318. The monoisotopic (exact) mass is 514 g/mol. The first-order valence-electron chi connectivity index (χ1n) is 11.4. The van der Waals surface area contributed by atoms with E-state index in [1.165, 1.54) is 23.1 Å². The molecule has 1 atom stereocenters. The van der Waals surface area contributed by atoms with Crippen molar-refractivity contribution in [3.8, 4) is 22.6 Å². The Labute approximate surface area is 211 Å². The summed E-state index contributed by atoms with van der Waals surface area (Å²) >= 11 is 0.